The van der Waals surface area contributed by atoms with Gasteiger partial charge in [-0.25, -0.2) is 4.98 Å². The molecule has 2 aromatic carbocycles. The summed E-state index contributed by atoms with van der Waals surface area (Å²) in [6.45, 7) is 3.88. The van der Waals surface area contributed by atoms with Crippen molar-refractivity contribution in [3.63, 3.8) is 0 Å². The Hall–Kier alpha value is -3.08. The van der Waals surface area contributed by atoms with Gasteiger partial charge in [-0.05, 0) is 44.2 Å². The van der Waals surface area contributed by atoms with E-state index in [1.54, 1.807) is 14.2 Å². The van der Waals surface area contributed by atoms with Gasteiger partial charge in [-0.15, -0.1) is 0 Å². The van der Waals surface area contributed by atoms with Crippen LogP contribution in [0.25, 0.3) is 22.2 Å². The smallest absolute Gasteiger partial charge is 0.252 e. The monoisotopic (exact) mass is 350 g/mol. The first kappa shape index (κ1) is 17.7. The van der Waals surface area contributed by atoms with Crippen molar-refractivity contribution in [2.45, 2.75) is 19.9 Å². The third-order valence-corrected chi connectivity index (χ3v) is 4.06. The van der Waals surface area contributed by atoms with Crippen molar-refractivity contribution >= 4 is 16.8 Å². The van der Waals surface area contributed by atoms with E-state index in [0.717, 1.165) is 16.5 Å². The van der Waals surface area contributed by atoms with Gasteiger partial charge in [-0.1, -0.05) is 18.2 Å². The van der Waals surface area contributed by atoms with Gasteiger partial charge < -0.3 is 14.8 Å². The van der Waals surface area contributed by atoms with Crippen molar-refractivity contribution in [3.8, 4) is 22.8 Å². The highest BCUT2D eigenvalue weighted by atomic mass is 16.5. The Kier molecular flexibility index (Phi) is 5.07. The molecule has 1 aromatic heterocycles. The number of nitrogens with one attached hydrogen (secondary N) is 1. The van der Waals surface area contributed by atoms with Crippen LogP contribution < -0.4 is 14.8 Å². The van der Waals surface area contributed by atoms with Gasteiger partial charge in [0.05, 0.1) is 31.0 Å². The van der Waals surface area contributed by atoms with E-state index in [0.29, 0.717) is 22.8 Å². The summed E-state index contributed by atoms with van der Waals surface area (Å²) in [6.07, 6.45) is 0. The van der Waals surface area contributed by atoms with E-state index < -0.39 is 0 Å². The molecular weight excluding hydrogens is 328 g/mol. The normalized spacial score (nSPS) is 10.8. The SMILES string of the molecule is COc1ccc(-c2cc(C(=O)NC(C)C)c3ccccc3n2)cc1OC. The first-order valence-electron chi connectivity index (χ1n) is 8.46. The zero-order chi connectivity index (χ0) is 18.7. The van der Waals surface area contributed by atoms with Crippen molar-refractivity contribution in [1.29, 1.82) is 0 Å². The second-order valence-corrected chi connectivity index (χ2v) is 6.27. The minimum Gasteiger partial charge on any atom is -0.493 e. The number of nitrogens with zero attached hydrogens (tertiary/aromatic N) is 1. The highest BCUT2D eigenvalue weighted by molar-refractivity contribution is 6.07. The lowest BCUT2D eigenvalue weighted by molar-refractivity contribution is 0.0945. The summed E-state index contributed by atoms with van der Waals surface area (Å²) in [5, 5.41) is 3.79. The Labute approximate surface area is 153 Å². The van der Waals surface area contributed by atoms with Gasteiger partial charge in [0.15, 0.2) is 11.5 Å². The molecule has 0 radical (unpaired) electrons. The number of carbonyl (C=O) groups excluding carboxylic acids is 1. The van der Waals surface area contributed by atoms with E-state index >= 15 is 0 Å². The van der Waals surface area contributed by atoms with Crippen LogP contribution in [0.5, 0.6) is 11.5 Å². The molecule has 0 bridgehead atoms. The van der Waals surface area contributed by atoms with Crippen LogP contribution >= 0.6 is 0 Å². The van der Waals surface area contributed by atoms with Gasteiger partial charge in [0, 0.05) is 17.0 Å². The average molecular weight is 350 g/mol. The van der Waals surface area contributed by atoms with E-state index in [1.165, 1.54) is 0 Å². The van der Waals surface area contributed by atoms with Crippen LogP contribution in [-0.2, 0) is 0 Å². The molecule has 0 fully saturated rings. The van der Waals surface area contributed by atoms with Crippen LogP contribution in [-0.4, -0.2) is 31.2 Å². The van der Waals surface area contributed by atoms with Gasteiger partial charge >= 0.3 is 0 Å². The maximum Gasteiger partial charge on any atom is 0.252 e. The molecule has 0 aliphatic heterocycles. The number of para-hydroxylation sites is 1. The second-order valence-electron chi connectivity index (χ2n) is 6.27. The fraction of sp³-hybridized carbons (Fsp3) is 0.238. The molecule has 0 unspecified atom stereocenters. The molecule has 5 nitrogen and oxygen atoms in total. The number of rotatable bonds is 5. The lowest BCUT2D eigenvalue weighted by Gasteiger charge is -2.13. The van der Waals surface area contributed by atoms with E-state index in [-0.39, 0.29) is 11.9 Å². The first-order chi connectivity index (χ1) is 12.5. The predicted octanol–water partition coefficient (Wildman–Crippen LogP) is 4.06. The first-order valence-corrected chi connectivity index (χ1v) is 8.46. The van der Waals surface area contributed by atoms with E-state index in [4.69, 9.17) is 14.5 Å². The number of carbonyl (C=O) groups is 1. The molecule has 1 N–H and O–H groups in total. The van der Waals surface area contributed by atoms with Gasteiger partial charge in [-0.3, -0.25) is 4.79 Å². The van der Waals surface area contributed by atoms with E-state index in [2.05, 4.69) is 5.32 Å². The quantitative estimate of drug-likeness (QED) is 0.754. The standard InChI is InChI=1S/C21H22N2O3/c1-13(2)22-21(24)16-12-18(23-17-8-6-5-7-15(16)17)14-9-10-19(25-3)20(11-14)26-4/h5-13H,1-4H3,(H,22,24). The number of hydrogen-bond acceptors (Lipinski definition) is 4. The van der Waals surface area contributed by atoms with Crippen molar-refractivity contribution in [3.05, 3.63) is 54.1 Å². The number of fused-ring (bicyclic) bond motifs is 1. The molecule has 0 saturated heterocycles. The predicted molar refractivity (Wildman–Crippen MR) is 103 cm³/mol. The van der Waals surface area contributed by atoms with Crippen LogP contribution in [0.4, 0.5) is 0 Å². The molecule has 0 atom stereocenters. The fourth-order valence-corrected chi connectivity index (χ4v) is 2.85. The van der Waals surface area contributed by atoms with Gasteiger partial charge in [-0.2, -0.15) is 0 Å². The number of ether oxygens (including phenoxy) is 2. The molecule has 1 heterocycles. The molecule has 0 spiro atoms. The summed E-state index contributed by atoms with van der Waals surface area (Å²) in [6, 6.07) is 15.1. The molecule has 26 heavy (non-hydrogen) atoms. The summed E-state index contributed by atoms with van der Waals surface area (Å²) >= 11 is 0. The largest absolute Gasteiger partial charge is 0.493 e. The molecule has 3 rings (SSSR count). The van der Waals surface area contributed by atoms with Crippen molar-refractivity contribution < 1.29 is 14.3 Å². The molecular formula is C21H22N2O3. The summed E-state index contributed by atoms with van der Waals surface area (Å²) in [5.74, 6) is 1.16. The maximum atomic E-state index is 12.7. The number of methoxy groups -OCH3 is 2. The summed E-state index contributed by atoms with van der Waals surface area (Å²) in [4.78, 5) is 17.4. The van der Waals surface area contributed by atoms with Gasteiger partial charge in [0.1, 0.15) is 0 Å². The Bertz CT molecular complexity index is 951. The number of benzene rings is 2. The van der Waals surface area contributed by atoms with Crippen LogP contribution in [0.1, 0.15) is 24.2 Å². The Morgan fingerprint density at radius 3 is 2.42 bits per heavy atom. The van der Waals surface area contributed by atoms with Crippen LogP contribution in [0.15, 0.2) is 48.5 Å². The average Bonchev–Trinajstić information content (AvgIpc) is 2.65. The Balaban J connectivity index is 2.17. The third-order valence-electron chi connectivity index (χ3n) is 4.06. The van der Waals surface area contributed by atoms with Crippen LogP contribution in [0.3, 0.4) is 0 Å². The van der Waals surface area contributed by atoms with Crippen molar-refractivity contribution in [2.24, 2.45) is 0 Å². The lowest BCUT2D eigenvalue weighted by atomic mass is 10.0. The highest BCUT2D eigenvalue weighted by Crippen LogP contribution is 2.33. The van der Waals surface area contributed by atoms with Gasteiger partial charge in [0.25, 0.3) is 5.91 Å². The third kappa shape index (κ3) is 3.47. The summed E-state index contributed by atoms with van der Waals surface area (Å²) < 4.78 is 10.7. The fourth-order valence-electron chi connectivity index (χ4n) is 2.85. The van der Waals surface area contributed by atoms with Crippen molar-refractivity contribution in [1.82, 2.24) is 10.3 Å². The zero-order valence-electron chi connectivity index (χ0n) is 15.4. The van der Waals surface area contributed by atoms with Crippen LogP contribution in [0, 0.1) is 0 Å². The highest BCUT2D eigenvalue weighted by Gasteiger charge is 2.15. The molecule has 0 aliphatic carbocycles. The molecule has 3 aromatic rings. The molecule has 134 valence electrons. The summed E-state index contributed by atoms with van der Waals surface area (Å²) in [5.41, 5.74) is 2.94. The minimum absolute atomic E-state index is 0.0546. The van der Waals surface area contributed by atoms with Crippen molar-refractivity contribution in [2.75, 3.05) is 14.2 Å². The minimum atomic E-state index is -0.111. The Morgan fingerprint density at radius 2 is 1.73 bits per heavy atom. The number of pyridine rings is 1. The van der Waals surface area contributed by atoms with Crippen LogP contribution in [0.2, 0.25) is 0 Å². The molecule has 0 aliphatic rings. The topological polar surface area (TPSA) is 60.5 Å². The molecule has 0 saturated carbocycles. The maximum absolute atomic E-state index is 12.7. The summed E-state index contributed by atoms with van der Waals surface area (Å²) in [7, 11) is 3.19. The number of aromatic nitrogens is 1. The zero-order valence-corrected chi connectivity index (χ0v) is 15.4. The number of hydrogen-bond donors (Lipinski definition) is 1. The lowest BCUT2D eigenvalue weighted by Crippen LogP contribution is -2.30. The van der Waals surface area contributed by atoms with E-state index in [1.807, 2.05) is 62.4 Å². The number of amides is 1. The second kappa shape index (κ2) is 7.44. The Morgan fingerprint density at radius 1 is 1.00 bits per heavy atom. The van der Waals surface area contributed by atoms with E-state index in [9.17, 15) is 4.79 Å². The molecule has 5 heteroatoms. The molecule has 1 amide bonds. The van der Waals surface area contributed by atoms with Gasteiger partial charge in [0.2, 0.25) is 0 Å².